The van der Waals surface area contributed by atoms with Crippen LogP contribution in [0.2, 0.25) is 0 Å². The van der Waals surface area contributed by atoms with Gasteiger partial charge in [-0.3, -0.25) is 0 Å². The first-order chi connectivity index (χ1) is 8.86. The first-order valence-electron chi connectivity index (χ1n) is 5.52. The van der Waals surface area contributed by atoms with Crippen LogP contribution in [0.5, 0.6) is 0 Å². The summed E-state index contributed by atoms with van der Waals surface area (Å²) in [6.45, 7) is 1.99. The van der Waals surface area contributed by atoms with Gasteiger partial charge in [-0.05, 0) is 37.3 Å². The molecule has 0 fully saturated rings. The molecule has 1 aromatic carbocycles. The van der Waals surface area contributed by atoms with Crippen LogP contribution in [0.25, 0.3) is 0 Å². The van der Waals surface area contributed by atoms with Crippen LogP contribution in [0.15, 0.2) is 39.2 Å². The average molecular weight is 334 g/mol. The van der Waals surface area contributed by atoms with Crippen LogP contribution in [0, 0.1) is 6.92 Å². The van der Waals surface area contributed by atoms with Gasteiger partial charge in [0.15, 0.2) is 0 Å². The van der Waals surface area contributed by atoms with Crippen molar-refractivity contribution in [3.8, 4) is 0 Å². The number of alkyl halides is 3. The van der Waals surface area contributed by atoms with Crippen molar-refractivity contribution in [3.05, 3.63) is 51.9 Å². The van der Waals surface area contributed by atoms with E-state index in [0.29, 0.717) is 10.2 Å². The van der Waals surface area contributed by atoms with Crippen LogP contribution in [-0.2, 0) is 12.7 Å². The third-order valence-electron chi connectivity index (χ3n) is 2.54. The number of halogens is 4. The Morgan fingerprint density at radius 3 is 2.53 bits per heavy atom. The molecule has 1 aromatic heterocycles. The maximum atomic E-state index is 12.9. The van der Waals surface area contributed by atoms with E-state index in [1.165, 1.54) is 6.07 Å². The molecule has 2 rings (SSSR count). The summed E-state index contributed by atoms with van der Waals surface area (Å²) < 4.78 is 44.3. The molecular weight excluding hydrogens is 323 g/mol. The minimum absolute atomic E-state index is 0.0322. The molecule has 0 radical (unpaired) electrons. The fourth-order valence-corrected chi connectivity index (χ4v) is 2.03. The van der Waals surface area contributed by atoms with Gasteiger partial charge in [0.1, 0.15) is 11.5 Å². The molecule has 2 nitrogen and oxygen atoms in total. The summed E-state index contributed by atoms with van der Waals surface area (Å²) >= 11 is 3.04. The quantitative estimate of drug-likeness (QED) is 0.856. The number of hydrogen-bond donors (Lipinski definition) is 1. The van der Waals surface area contributed by atoms with Crippen molar-refractivity contribution in [1.29, 1.82) is 0 Å². The number of hydrogen-bond acceptors (Lipinski definition) is 2. The number of anilines is 1. The van der Waals surface area contributed by atoms with Gasteiger partial charge in [0.2, 0.25) is 0 Å². The van der Waals surface area contributed by atoms with E-state index in [1.807, 2.05) is 0 Å². The van der Waals surface area contributed by atoms with Crippen LogP contribution >= 0.6 is 15.9 Å². The van der Waals surface area contributed by atoms with Crippen molar-refractivity contribution < 1.29 is 17.6 Å². The van der Waals surface area contributed by atoms with E-state index in [2.05, 4.69) is 21.2 Å². The van der Waals surface area contributed by atoms with Crippen molar-refractivity contribution in [3.63, 3.8) is 0 Å². The third kappa shape index (κ3) is 3.53. The summed E-state index contributed by atoms with van der Waals surface area (Å²) in [5.41, 5.74) is -0.671. The molecule has 2 aromatic rings. The van der Waals surface area contributed by atoms with Gasteiger partial charge in [-0.15, -0.1) is 0 Å². The average Bonchev–Trinajstić information content (AvgIpc) is 2.72. The summed E-state index contributed by atoms with van der Waals surface area (Å²) in [7, 11) is 0. The van der Waals surface area contributed by atoms with Gasteiger partial charge in [-0.25, -0.2) is 0 Å². The molecule has 0 saturated carbocycles. The molecule has 19 heavy (non-hydrogen) atoms. The Bertz CT molecular complexity index is 578. The van der Waals surface area contributed by atoms with Crippen LogP contribution < -0.4 is 5.32 Å². The van der Waals surface area contributed by atoms with Crippen molar-refractivity contribution in [2.75, 3.05) is 5.32 Å². The highest BCUT2D eigenvalue weighted by Crippen LogP contribution is 2.36. The van der Waals surface area contributed by atoms with E-state index in [1.54, 1.807) is 25.1 Å². The van der Waals surface area contributed by atoms with Gasteiger partial charge in [0.25, 0.3) is 0 Å². The largest absolute Gasteiger partial charge is 0.465 e. The molecule has 0 aliphatic carbocycles. The molecular formula is C13H11BrF3NO. The molecule has 0 unspecified atom stereocenters. The predicted octanol–water partition coefficient (Wildman–Crippen LogP) is 4.98. The first-order valence-corrected chi connectivity index (χ1v) is 6.31. The number of benzene rings is 1. The highest BCUT2D eigenvalue weighted by molar-refractivity contribution is 9.10. The summed E-state index contributed by atoms with van der Waals surface area (Å²) in [5, 5.41) is 2.74. The SMILES string of the molecule is Cc1ccc(CNc2ccc(Br)cc2C(F)(F)F)o1. The summed E-state index contributed by atoms with van der Waals surface area (Å²) in [4.78, 5) is 0. The minimum atomic E-state index is -4.40. The lowest BCUT2D eigenvalue weighted by atomic mass is 10.1. The molecule has 0 saturated heterocycles. The Morgan fingerprint density at radius 2 is 1.95 bits per heavy atom. The molecule has 0 spiro atoms. The molecule has 1 heterocycles. The van der Waals surface area contributed by atoms with E-state index in [-0.39, 0.29) is 12.2 Å². The molecule has 0 amide bonds. The monoisotopic (exact) mass is 333 g/mol. The third-order valence-corrected chi connectivity index (χ3v) is 3.03. The molecule has 1 N–H and O–H groups in total. The minimum Gasteiger partial charge on any atom is -0.465 e. The maximum Gasteiger partial charge on any atom is 0.418 e. The van der Waals surface area contributed by atoms with Crippen LogP contribution in [0.1, 0.15) is 17.1 Å². The zero-order chi connectivity index (χ0) is 14.0. The normalized spacial score (nSPS) is 11.6. The second-order valence-electron chi connectivity index (χ2n) is 4.05. The highest BCUT2D eigenvalue weighted by atomic mass is 79.9. The lowest BCUT2D eigenvalue weighted by Gasteiger charge is -2.14. The Labute approximate surface area is 116 Å². The number of nitrogens with one attached hydrogen (secondary N) is 1. The Kier molecular flexibility index (Phi) is 3.89. The zero-order valence-electron chi connectivity index (χ0n) is 10.0. The van der Waals surface area contributed by atoms with Crippen LogP contribution in [0.3, 0.4) is 0 Å². The lowest BCUT2D eigenvalue weighted by molar-refractivity contribution is -0.137. The van der Waals surface area contributed by atoms with Crippen molar-refractivity contribution >= 4 is 21.6 Å². The number of aryl methyl sites for hydroxylation is 1. The zero-order valence-corrected chi connectivity index (χ0v) is 11.6. The van der Waals surface area contributed by atoms with Crippen molar-refractivity contribution in [1.82, 2.24) is 0 Å². The summed E-state index contributed by atoms with van der Waals surface area (Å²) in [6, 6.07) is 7.50. The molecule has 0 bridgehead atoms. The van der Waals surface area contributed by atoms with Gasteiger partial charge < -0.3 is 9.73 Å². The van der Waals surface area contributed by atoms with Gasteiger partial charge in [-0.1, -0.05) is 15.9 Å². The lowest BCUT2D eigenvalue weighted by Crippen LogP contribution is -2.10. The van der Waals surface area contributed by atoms with E-state index in [9.17, 15) is 13.2 Å². The Balaban J connectivity index is 2.20. The molecule has 102 valence electrons. The predicted molar refractivity (Wildman–Crippen MR) is 69.9 cm³/mol. The van der Waals surface area contributed by atoms with Crippen molar-refractivity contribution in [2.24, 2.45) is 0 Å². The van der Waals surface area contributed by atoms with E-state index in [0.717, 1.165) is 11.8 Å². The van der Waals surface area contributed by atoms with E-state index >= 15 is 0 Å². The highest BCUT2D eigenvalue weighted by Gasteiger charge is 2.33. The number of rotatable bonds is 3. The van der Waals surface area contributed by atoms with E-state index in [4.69, 9.17) is 4.42 Å². The summed E-state index contributed by atoms with van der Waals surface area (Å²) in [5.74, 6) is 1.32. The second kappa shape index (κ2) is 5.28. The maximum absolute atomic E-state index is 12.9. The number of furan rings is 1. The molecule has 0 atom stereocenters. The van der Waals surface area contributed by atoms with Crippen LogP contribution in [0.4, 0.5) is 18.9 Å². The van der Waals surface area contributed by atoms with Crippen LogP contribution in [-0.4, -0.2) is 0 Å². The Hall–Kier alpha value is -1.43. The van der Waals surface area contributed by atoms with Gasteiger partial charge in [-0.2, -0.15) is 13.2 Å². The van der Waals surface area contributed by atoms with Gasteiger partial charge in [0.05, 0.1) is 12.1 Å². The van der Waals surface area contributed by atoms with Crippen molar-refractivity contribution in [2.45, 2.75) is 19.6 Å². The standard InChI is InChI=1S/C13H11BrF3NO/c1-8-2-4-10(19-8)7-18-12-5-3-9(14)6-11(12)13(15,16)17/h2-6,18H,7H2,1H3. The van der Waals surface area contributed by atoms with Gasteiger partial charge in [0, 0.05) is 10.2 Å². The Morgan fingerprint density at radius 1 is 1.21 bits per heavy atom. The summed E-state index contributed by atoms with van der Waals surface area (Å²) in [6.07, 6.45) is -4.40. The molecule has 0 aliphatic heterocycles. The molecule has 6 heteroatoms. The second-order valence-corrected chi connectivity index (χ2v) is 4.97. The van der Waals surface area contributed by atoms with E-state index < -0.39 is 11.7 Å². The first kappa shape index (κ1) is 14.0. The fraction of sp³-hybridized carbons (Fsp3) is 0.231. The van der Waals surface area contributed by atoms with Gasteiger partial charge >= 0.3 is 6.18 Å². The topological polar surface area (TPSA) is 25.2 Å². The fourth-order valence-electron chi connectivity index (χ4n) is 1.67. The smallest absolute Gasteiger partial charge is 0.418 e. The molecule has 0 aliphatic rings.